The van der Waals surface area contributed by atoms with Crippen molar-refractivity contribution in [1.29, 1.82) is 0 Å². The molecular weight excluding hydrogens is 326 g/mol. The highest BCUT2D eigenvalue weighted by molar-refractivity contribution is 7.89. The molecule has 1 aromatic carbocycles. The molecular formula is C14H18ClN3O3S. The number of halogens is 1. The Morgan fingerprint density at radius 1 is 1.32 bits per heavy atom. The van der Waals surface area contributed by atoms with Gasteiger partial charge in [0.25, 0.3) is 0 Å². The van der Waals surface area contributed by atoms with Gasteiger partial charge >= 0.3 is 0 Å². The van der Waals surface area contributed by atoms with E-state index in [1.807, 2.05) is 0 Å². The second kappa shape index (κ2) is 6.78. The molecule has 0 aliphatic carbocycles. The van der Waals surface area contributed by atoms with Crippen molar-refractivity contribution < 1.29 is 12.9 Å². The van der Waals surface area contributed by atoms with Crippen LogP contribution < -0.4 is 5.73 Å². The fourth-order valence-corrected chi connectivity index (χ4v) is 4.32. The number of benzene rings is 1. The molecule has 22 heavy (non-hydrogen) atoms. The molecule has 2 N–H and O–H groups in total. The van der Waals surface area contributed by atoms with Gasteiger partial charge in [-0.25, -0.2) is 8.42 Å². The summed E-state index contributed by atoms with van der Waals surface area (Å²) in [5.74, 6) is 0.681. The molecule has 0 radical (unpaired) electrons. The standard InChI is InChI=1S/C14H17N3O3S.ClH/c15-9-11-6-8-17(10-11)21(18,19)14-4-2-1-3-12(14)13-5-7-16-20-13;/h1-5,7,11H,6,8-10,15H2;1H. The highest BCUT2D eigenvalue weighted by atomic mass is 35.5. The monoisotopic (exact) mass is 343 g/mol. The van der Waals surface area contributed by atoms with Gasteiger partial charge in [-0.1, -0.05) is 17.3 Å². The van der Waals surface area contributed by atoms with Crippen LogP contribution in [0, 0.1) is 5.92 Å². The lowest BCUT2D eigenvalue weighted by molar-refractivity contribution is 0.430. The van der Waals surface area contributed by atoms with Crippen molar-refractivity contribution in [2.24, 2.45) is 11.7 Å². The van der Waals surface area contributed by atoms with Crippen molar-refractivity contribution in [2.45, 2.75) is 11.3 Å². The lowest BCUT2D eigenvalue weighted by Gasteiger charge is -2.18. The maximum atomic E-state index is 12.8. The maximum Gasteiger partial charge on any atom is 0.243 e. The van der Waals surface area contributed by atoms with E-state index in [4.69, 9.17) is 10.3 Å². The van der Waals surface area contributed by atoms with Crippen LogP contribution in [0.1, 0.15) is 6.42 Å². The Morgan fingerprint density at radius 2 is 2.09 bits per heavy atom. The zero-order valence-corrected chi connectivity index (χ0v) is 13.5. The van der Waals surface area contributed by atoms with Gasteiger partial charge in [0.2, 0.25) is 10.0 Å². The molecule has 0 saturated carbocycles. The van der Waals surface area contributed by atoms with Crippen LogP contribution in [-0.4, -0.2) is 37.5 Å². The van der Waals surface area contributed by atoms with Crippen LogP contribution in [0.25, 0.3) is 11.3 Å². The first kappa shape index (κ1) is 17.0. The van der Waals surface area contributed by atoms with Gasteiger partial charge in [-0.2, -0.15) is 4.31 Å². The van der Waals surface area contributed by atoms with Crippen LogP contribution in [0.4, 0.5) is 0 Å². The fraction of sp³-hybridized carbons (Fsp3) is 0.357. The molecule has 1 aliphatic heterocycles. The summed E-state index contributed by atoms with van der Waals surface area (Å²) in [4.78, 5) is 0.249. The van der Waals surface area contributed by atoms with E-state index < -0.39 is 10.0 Å². The van der Waals surface area contributed by atoms with Gasteiger partial charge in [-0.3, -0.25) is 0 Å². The largest absolute Gasteiger partial charge is 0.356 e. The molecule has 0 bridgehead atoms. The molecule has 3 rings (SSSR count). The van der Waals surface area contributed by atoms with E-state index in [0.29, 0.717) is 31.0 Å². The lowest BCUT2D eigenvalue weighted by atomic mass is 10.1. The molecule has 8 heteroatoms. The lowest BCUT2D eigenvalue weighted by Crippen LogP contribution is -2.30. The van der Waals surface area contributed by atoms with Crippen molar-refractivity contribution in [3.05, 3.63) is 36.5 Å². The molecule has 1 atom stereocenters. The van der Waals surface area contributed by atoms with Crippen molar-refractivity contribution in [3.63, 3.8) is 0 Å². The Hall–Kier alpha value is -1.41. The van der Waals surface area contributed by atoms with Gasteiger partial charge in [-0.15, -0.1) is 12.4 Å². The normalized spacial score (nSPS) is 19.0. The van der Waals surface area contributed by atoms with Gasteiger partial charge in [0, 0.05) is 24.7 Å². The third kappa shape index (κ3) is 3.03. The van der Waals surface area contributed by atoms with Crippen molar-refractivity contribution in [2.75, 3.05) is 19.6 Å². The first-order chi connectivity index (χ1) is 10.1. The summed E-state index contributed by atoms with van der Waals surface area (Å²) in [5, 5.41) is 3.64. The summed E-state index contributed by atoms with van der Waals surface area (Å²) in [5.41, 5.74) is 6.17. The average Bonchev–Trinajstić information content (AvgIpc) is 3.18. The molecule has 2 heterocycles. The molecule has 0 amide bonds. The minimum atomic E-state index is -3.55. The molecule has 0 spiro atoms. The third-order valence-electron chi connectivity index (χ3n) is 3.79. The van der Waals surface area contributed by atoms with Gasteiger partial charge in [0.05, 0.1) is 11.1 Å². The minimum absolute atomic E-state index is 0. The van der Waals surface area contributed by atoms with E-state index >= 15 is 0 Å². The number of hydrogen-bond acceptors (Lipinski definition) is 5. The first-order valence-electron chi connectivity index (χ1n) is 6.83. The Labute approximate surface area is 135 Å². The second-order valence-corrected chi connectivity index (χ2v) is 7.03. The molecule has 1 aromatic heterocycles. The van der Waals surface area contributed by atoms with Crippen LogP contribution in [-0.2, 0) is 10.0 Å². The topological polar surface area (TPSA) is 89.4 Å². The summed E-state index contributed by atoms with van der Waals surface area (Å²) in [6.45, 7) is 1.49. The van der Waals surface area contributed by atoms with Crippen LogP contribution in [0.3, 0.4) is 0 Å². The van der Waals surface area contributed by atoms with Crippen molar-refractivity contribution in [3.8, 4) is 11.3 Å². The zero-order valence-electron chi connectivity index (χ0n) is 11.9. The minimum Gasteiger partial charge on any atom is -0.356 e. The molecule has 1 unspecified atom stereocenters. The molecule has 1 aliphatic rings. The number of hydrogen-bond donors (Lipinski definition) is 1. The molecule has 120 valence electrons. The third-order valence-corrected chi connectivity index (χ3v) is 5.71. The molecule has 1 saturated heterocycles. The SMILES string of the molecule is Cl.NCC1CCN(S(=O)(=O)c2ccccc2-c2ccno2)C1. The predicted molar refractivity (Wildman–Crippen MR) is 85.1 cm³/mol. The van der Waals surface area contributed by atoms with Crippen LogP contribution >= 0.6 is 12.4 Å². The maximum absolute atomic E-state index is 12.8. The molecule has 2 aromatic rings. The van der Waals surface area contributed by atoms with Crippen LogP contribution in [0.15, 0.2) is 45.9 Å². The van der Waals surface area contributed by atoms with E-state index in [1.54, 1.807) is 30.3 Å². The summed E-state index contributed by atoms with van der Waals surface area (Å²) < 4.78 is 32.3. The quantitative estimate of drug-likeness (QED) is 0.913. The summed E-state index contributed by atoms with van der Waals surface area (Å²) >= 11 is 0. The molecule has 1 fully saturated rings. The number of nitrogens with zero attached hydrogens (tertiary/aromatic N) is 2. The van der Waals surface area contributed by atoms with Gasteiger partial charge in [0.15, 0.2) is 5.76 Å². The summed E-state index contributed by atoms with van der Waals surface area (Å²) in [6, 6.07) is 8.47. The number of rotatable bonds is 4. The van der Waals surface area contributed by atoms with Crippen molar-refractivity contribution >= 4 is 22.4 Å². The van der Waals surface area contributed by atoms with E-state index in [-0.39, 0.29) is 23.2 Å². The van der Waals surface area contributed by atoms with Gasteiger partial charge < -0.3 is 10.3 Å². The van der Waals surface area contributed by atoms with Gasteiger partial charge in [-0.05, 0) is 31.0 Å². The Kier molecular flexibility index (Phi) is 5.23. The Balaban J connectivity index is 0.00000176. The highest BCUT2D eigenvalue weighted by Gasteiger charge is 2.33. The predicted octanol–water partition coefficient (Wildman–Crippen LogP) is 1.73. The molecule has 6 nitrogen and oxygen atoms in total. The van der Waals surface area contributed by atoms with E-state index in [2.05, 4.69) is 5.16 Å². The fourth-order valence-electron chi connectivity index (χ4n) is 2.60. The first-order valence-corrected chi connectivity index (χ1v) is 8.27. The summed E-state index contributed by atoms with van der Waals surface area (Å²) in [7, 11) is -3.55. The highest BCUT2D eigenvalue weighted by Crippen LogP contribution is 2.31. The second-order valence-electron chi connectivity index (χ2n) is 5.13. The number of nitrogens with two attached hydrogens (primary N) is 1. The van der Waals surface area contributed by atoms with Gasteiger partial charge in [0.1, 0.15) is 0 Å². The number of aromatic nitrogens is 1. The smallest absolute Gasteiger partial charge is 0.243 e. The van der Waals surface area contributed by atoms with E-state index in [1.165, 1.54) is 10.5 Å². The zero-order chi connectivity index (χ0) is 14.9. The number of sulfonamides is 1. The summed E-state index contributed by atoms with van der Waals surface area (Å²) in [6.07, 6.45) is 2.30. The average molecular weight is 344 g/mol. The van der Waals surface area contributed by atoms with Crippen LogP contribution in [0.5, 0.6) is 0 Å². The van der Waals surface area contributed by atoms with E-state index in [0.717, 1.165) is 6.42 Å². The van der Waals surface area contributed by atoms with Crippen molar-refractivity contribution in [1.82, 2.24) is 9.46 Å². The van der Waals surface area contributed by atoms with E-state index in [9.17, 15) is 8.42 Å². The van der Waals surface area contributed by atoms with Crippen LogP contribution in [0.2, 0.25) is 0 Å². The Morgan fingerprint density at radius 3 is 2.73 bits per heavy atom. The Bertz CT molecular complexity index is 719.